The summed E-state index contributed by atoms with van der Waals surface area (Å²) in [6.07, 6.45) is 17.9. The summed E-state index contributed by atoms with van der Waals surface area (Å²) >= 11 is 0. The first-order valence-electron chi connectivity index (χ1n) is 11.5. The summed E-state index contributed by atoms with van der Waals surface area (Å²) in [5.41, 5.74) is 0. The van der Waals surface area contributed by atoms with Crippen LogP contribution in [0.1, 0.15) is 129 Å². The molecule has 0 aliphatic carbocycles. The maximum Gasteiger partial charge on any atom is 1.00 e. The molecule has 0 amide bonds. The van der Waals surface area contributed by atoms with Crippen LogP contribution in [0.5, 0.6) is 0 Å². The van der Waals surface area contributed by atoms with Crippen LogP contribution < -0.4 is 29.6 Å². The molecule has 0 heterocycles. The van der Waals surface area contributed by atoms with E-state index in [1.165, 1.54) is 51.4 Å². The average molecular weight is 429 g/mol. The van der Waals surface area contributed by atoms with Gasteiger partial charge in [0.1, 0.15) is 0 Å². The second kappa shape index (κ2) is 21.1. The minimum Gasteiger partial charge on any atom is -0.748 e. The second-order valence-electron chi connectivity index (χ2n) is 8.17. The number of unbranched alkanes of at least 4 members (excludes halogenated alkanes) is 11. The molecule has 28 heavy (non-hydrogen) atoms. The van der Waals surface area contributed by atoms with Gasteiger partial charge in [-0.1, -0.05) is 97.3 Å². The molecule has 164 valence electrons. The number of aliphatic hydroxyl groups excluding tert-OH is 1. The van der Waals surface area contributed by atoms with E-state index in [2.05, 4.69) is 13.8 Å². The number of hydrogen-bond acceptors (Lipinski definition) is 4. The number of aliphatic hydroxyl groups is 1. The van der Waals surface area contributed by atoms with Crippen LogP contribution in [-0.4, -0.2) is 29.4 Å². The molecule has 0 fully saturated rings. The molecule has 0 bridgehead atoms. The van der Waals surface area contributed by atoms with Gasteiger partial charge in [0.25, 0.3) is 0 Å². The summed E-state index contributed by atoms with van der Waals surface area (Å²) < 4.78 is 34.2. The van der Waals surface area contributed by atoms with Gasteiger partial charge in [-0.15, -0.1) is 0 Å². The van der Waals surface area contributed by atoms with Gasteiger partial charge in [-0.25, -0.2) is 8.42 Å². The van der Waals surface area contributed by atoms with Gasteiger partial charge >= 0.3 is 29.6 Å². The maximum absolute atomic E-state index is 11.4. The van der Waals surface area contributed by atoms with E-state index >= 15 is 0 Å². The van der Waals surface area contributed by atoms with Crippen molar-refractivity contribution in [2.75, 3.05) is 0 Å². The van der Waals surface area contributed by atoms with Crippen LogP contribution in [-0.2, 0) is 10.1 Å². The summed E-state index contributed by atoms with van der Waals surface area (Å²) in [5, 5.41) is 9.31. The summed E-state index contributed by atoms with van der Waals surface area (Å²) in [6.45, 7) is 4.34. The zero-order chi connectivity index (χ0) is 20.4. The van der Waals surface area contributed by atoms with E-state index in [0.717, 1.165) is 38.5 Å². The van der Waals surface area contributed by atoms with Crippen LogP contribution in [0.25, 0.3) is 0 Å². The van der Waals surface area contributed by atoms with Gasteiger partial charge in [-0.3, -0.25) is 0 Å². The fraction of sp³-hybridized carbons (Fsp3) is 1.00. The Morgan fingerprint density at radius 3 is 1.50 bits per heavy atom. The van der Waals surface area contributed by atoms with E-state index < -0.39 is 15.4 Å². The summed E-state index contributed by atoms with van der Waals surface area (Å²) in [7, 11) is -4.22. The average Bonchev–Trinajstić information content (AvgIpc) is 2.61. The number of rotatable bonds is 20. The van der Waals surface area contributed by atoms with E-state index in [1.54, 1.807) is 0 Å². The van der Waals surface area contributed by atoms with Crippen LogP contribution >= 0.6 is 0 Å². The first-order valence-corrected chi connectivity index (χ1v) is 13.0. The van der Waals surface area contributed by atoms with Crippen LogP contribution in [0.3, 0.4) is 0 Å². The molecule has 0 aromatic carbocycles. The Bertz CT molecular complexity index is 415. The van der Waals surface area contributed by atoms with Crippen LogP contribution in [0.2, 0.25) is 0 Å². The largest absolute Gasteiger partial charge is 1.00 e. The van der Waals surface area contributed by atoms with Crippen LogP contribution in [0, 0.1) is 0 Å². The minimum atomic E-state index is -4.22. The summed E-state index contributed by atoms with van der Waals surface area (Å²) in [6, 6.07) is 0. The molecule has 0 aliphatic heterocycles. The van der Waals surface area contributed by atoms with E-state index in [0.29, 0.717) is 25.7 Å². The van der Waals surface area contributed by atoms with Gasteiger partial charge in [0.2, 0.25) is 0 Å². The van der Waals surface area contributed by atoms with Crippen molar-refractivity contribution < 1.29 is 47.6 Å². The van der Waals surface area contributed by atoms with Gasteiger partial charge in [0.05, 0.1) is 16.2 Å². The second-order valence-corrected chi connectivity index (χ2v) is 9.82. The molecule has 0 aromatic heterocycles. The Kier molecular flexibility index (Phi) is 23.4. The third kappa shape index (κ3) is 20.2. The molecule has 1 N–H and O–H groups in total. The molecular formula is C22H45NaO4S. The molecule has 4 nitrogen and oxygen atoms in total. The Morgan fingerprint density at radius 1 is 0.643 bits per heavy atom. The Morgan fingerprint density at radius 2 is 1.00 bits per heavy atom. The molecule has 0 aliphatic rings. The third-order valence-corrected chi connectivity index (χ3v) is 6.78. The van der Waals surface area contributed by atoms with Crippen molar-refractivity contribution in [3.05, 3.63) is 0 Å². The topological polar surface area (TPSA) is 77.4 Å². The van der Waals surface area contributed by atoms with Gasteiger partial charge in [-0.2, -0.15) is 0 Å². The monoisotopic (exact) mass is 428 g/mol. The molecule has 0 saturated carbocycles. The van der Waals surface area contributed by atoms with Crippen molar-refractivity contribution in [2.45, 2.75) is 141 Å². The van der Waals surface area contributed by atoms with E-state index in [9.17, 15) is 18.1 Å². The van der Waals surface area contributed by atoms with Crippen molar-refractivity contribution >= 4 is 10.1 Å². The van der Waals surface area contributed by atoms with Gasteiger partial charge in [0.15, 0.2) is 0 Å². The van der Waals surface area contributed by atoms with Gasteiger partial charge in [0, 0.05) is 5.25 Å². The van der Waals surface area contributed by atoms with E-state index in [4.69, 9.17) is 0 Å². The van der Waals surface area contributed by atoms with Gasteiger partial charge in [-0.05, 0) is 32.1 Å². The molecule has 0 rings (SSSR count). The Labute approximate surface area is 197 Å². The molecule has 0 spiro atoms. The zero-order valence-corrected chi connectivity index (χ0v) is 21.8. The van der Waals surface area contributed by atoms with Crippen molar-refractivity contribution in [1.82, 2.24) is 0 Å². The molecule has 0 saturated heterocycles. The fourth-order valence-corrected chi connectivity index (χ4v) is 4.56. The normalized spacial score (nSPS) is 13.9. The SMILES string of the molecule is CCCCCCCCCCCC(O)CCCC(CCCCCC)S(=O)(=O)[O-].[Na+]. The molecule has 6 heteroatoms. The Balaban J connectivity index is 0. The van der Waals surface area contributed by atoms with E-state index in [1.807, 2.05) is 0 Å². The smallest absolute Gasteiger partial charge is 0.748 e. The molecule has 0 aromatic rings. The standard InChI is InChI=1S/C22H46O4S.Na/c1-3-5-7-9-10-11-12-13-14-17-21(23)18-16-20-22(27(24,25)26)19-15-8-6-4-2;/h21-23H,3-20H2,1-2H3,(H,24,25,26);/q;+1/p-1. The quantitative estimate of drug-likeness (QED) is 0.183. The predicted molar refractivity (Wildman–Crippen MR) is 114 cm³/mol. The van der Waals surface area contributed by atoms with Gasteiger partial charge < -0.3 is 9.66 Å². The maximum atomic E-state index is 11.4. The first-order chi connectivity index (χ1) is 12.9. The number of hydrogen-bond donors (Lipinski definition) is 1. The molecule has 2 unspecified atom stereocenters. The minimum absolute atomic E-state index is 0. The van der Waals surface area contributed by atoms with Crippen molar-refractivity contribution in [3.63, 3.8) is 0 Å². The Hall–Kier alpha value is 0.870. The third-order valence-electron chi connectivity index (χ3n) is 5.49. The summed E-state index contributed by atoms with van der Waals surface area (Å²) in [5.74, 6) is 0. The van der Waals surface area contributed by atoms with Crippen LogP contribution in [0.15, 0.2) is 0 Å². The molecule has 0 radical (unpaired) electrons. The fourth-order valence-electron chi connectivity index (χ4n) is 3.65. The van der Waals surface area contributed by atoms with Crippen molar-refractivity contribution in [3.8, 4) is 0 Å². The van der Waals surface area contributed by atoms with Crippen LogP contribution in [0.4, 0.5) is 0 Å². The summed E-state index contributed by atoms with van der Waals surface area (Å²) in [4.78, 5) is 0. The van der Waals surface area contributed by atoms with Crippen molar-refractivity contribution in [1.29, 1.82) is 0 Å². The first kappa shape index (κ1) is 31.1. The van der Waals surface area contributed by atoms with Crippen molar-refractivity contribution in [2.24, 2.45) is 0 Å². The predicted octanol–water partition coefficient (Wildman–Crippen LogP) is 3.33. The zero-order valence-electron chi connectivity index (χ0n) is 19.0. The van der Waals surface area contributed by atoms with E-state index in [-0.39, 0.29) is 35.7 Å². The molecule has 2 atom stereocenters. The molecular weight excluding hydrogens is 383 g/mol.